The van der Waals surface area contributed by atoms with Gasteiger partial charge in [0.05, 0.1) is 22.5 Å². The number of pyridine rings is 1. The molecule has 1 amide bonds. The normalized spacial score (nSPS) is 16.3. The maximum atomic E-state index is 13.4. The van der Waals surface area contributed by atoms with Crippen LogP contribution in [-0.4, -0.2) is 46.2 Å². The van der Waals surface area contributed by atoms with E-state index in [4.69, 9.17) is 4.99 Å². The maximum absolute atomic E-state index is 13.4. The zero-order valence-electron chi connectivity index (χ0n) is 20.6. The molecule has 6 nitrogen and oxygen atoms in total. The Balaban J connectivity index is 1.69. The third-order valence-corrected chi connectivity index (χ3v) is 6.69. The van der Waals surface area contributed by atoms with Crippen molar-refractivity contribution in [1.29, 1.82) is 0 Å². The van der Waals surface area contributed by atoms with Crippen molar-refractivity contribution in [3.05, 3.63) is 76.7 Å². The Morgan fingerprint density at radius 1 is 1.15 bits per heavy atom. The monoisotopic (exact) mass is 473 g/mol. The van der Waals surface area contributed by atoms with Gasteiger partial charge < -0.3 is 9.47 Å². The second kappa shape index (κ2) is 9.89. The number of nitrogens with zero attached hydrogens (tertiary/aromatic N) is 5. The molecular formula is C27H31N5OS. The van der Waals surface area contributed by atoms with E-state index in [1.165, 1.54) is 11.8 Å². The maximum Gasteiger partial charge on any atom is 0.266 e. The molecule has 0 bridgehead atoms. The summed E-state index contributed by atoms with van der Waals surface area (Å²) in [6.45, 7) is 9.01. The highest BCUT2D eigenvalue weighted by Crippen LogP contribution is 2.36. The van der Waals surface area contributed by atoms with E-state index in [1.807, 2.05) is 62.8 Å². The summed E-state index contributed by atoms with van der Waals surface area (Å²) in [6, 6.07) is 14.1. The third kappa shape index (κ3) is 4.94. The van der Waals surface area contributed by atoms with Gasteiger partial charge in [0.25, 0.3) is 5.91 Å². The summed E-state index contributed by atoms with van der Waals surface area (Å²) in [7, 11) is 4.03. The van der Waals surface area contributed by atoms with Crippen LogP contribution >= 0.6 is 11.8 Å². The zero-order chi connectivity index (χ0) is 24.4. The summed E-state index contributed by atoms with van der Waals surface area (Å²) in [5, 5.41) is 0.726. The Kier molecular flexibility index (Phi) is 6.93. The summed E-state index contributed by atoms with van der Waals surface area (Å²) >= 11 is 1.44. The second-order valence-corrected chi connectivity index (χ2v) is 10.1. The minimum absolute atomic E-state index is 0.00791. The summed E-state index contributed by atoms with van der Waals surface area (Å²) in [5.74, 6) is 0.342. The highest BCUT2D eigenvalue weighted by atomic mass is 32.2. The average molecular weight is 474 g/mol. The Morgan fingerprint density at radius 2 is 1.88 bits per heavy atom. The molecule has 7 heteroatoms. The van der Waals surface area contributed by atoms with Crippen molar-refractivity contribution in [2.24, 2.45) is 10.9 Å². The van der Waals surface area contributed by atoms with Crippen LogP contribution in [0.15, 0.2) is 64.8 Å². The van der Waals surface area contributed by atoms with Crippen molar-refractivity contribution in [3.8, 4) is 5.69 Å². The number of carbonyl (C=O) groups excluding carboxylic acids is 1. The van der Waals surface area contributed by atoms with E-state index in [1.54, 1.807) is 11.1 Å². The Bertz CT molecular complexity index is 1240. The highest BCUT2D eigenvalue weighted by molar-refractivity contribution is 8.18. The summed E-state index contributed by atoms with van der Waals surface area (Å²) < 4.78 is 2.16. The number of hydrogen-bond acceptors (Lipinski definition) is 5. The number of rotatable bonds is 6. The van der Waals surface area contributed by atoms with Gasteiger partial charge >= 0.3 is 0 Å². The lowest BCUT2D eigenvalue weighted by molar-refractivity contribution is -0.122. The highest BCUT2D eigenvalue weighted by Gasteiger charge is 2.34. The van der Waals surface area contributed by atoms with Crippen molar-refractivity contribution in [2.45, 2.75) is 27.7 Å². The molecular weight excluding hydrogens is 442 g/mol. The molecule has 3 aromatic rings. The lowest BCUT2D eigenvalue weighted by Crippen LogP contribution is -2.32. The van der Waals surface area contributed by atoms with E-state index in [2.05, 4.69) is 48.2 Å². The largest absolute Gasteiger partial charge is 0.378 e. The molecule has 1 fully saturated rings. The molecule has 0 atom stereocenters. The van der Waals surface area contributed by atoms with Gasteiger partial charge in [-0.15, -0.1) is 0 Å². The molecule has 3 heterocycles. The molecule has 0 spiro atoms. The van der Waals surface area contributed by atoms with Gasteiger partial charge in [-0.2, -0.15) is 0 Å². The molecule has 0 unspecified atom stereocenters. The minimum atomic E-state index is 0.00791. The van der Waals surface area contributed by atoms with E-state index in [-0.39, 0.29) is 5.91 Å². The van der Waals surface area contributed by atoms with Gasteiger partial charge in [0.1, 0.15) is 0 Å². The number of thioether (sulfide) groups is 1. The van der Waals surface area contributed by atoms with E-state index < -0.39 is 0 Å². The molecule has 176 valence electrons. The van der Waals surface area contributed by atoms with Crippen molar-refractivity contribution in [2.75, 3.05) is 25.5 Å². The van der Waals surface area contributed by atoms with Crippen molar-refractivity contribution in [3.63, 3.8) is 0 Å². The van der Waals surface area contributed by atoms with Crippen molar-refractivity contribution in [1.82, 2.24) is 14.5 Å². The second-order valence-electron chi connectivity index (χ2n) is 9.10. The number of aliphatic imine (C=N–C) groups is 1. The van der Waals surface area contributed by atoms with Crippen LogP contribution in [-0.2, 0) is 4.79 Å². The first-order valence-corrected chi connectivity index (χ1v) is 12.2. The Labute approximate surface area is 206 Å². The van der Waals surface area contributed by atoms with Crippen molar-refractivity contribution >= 4 is 40.3 Å². The number of amides is 1. The predicted molar refractivity (Wildman–Crippen MR) is 143 cm³/mol. The first-order valence-electron chi connectivity index (χ1n) is 11.4. The van der Waals surface area contributed by atoms with E-state index in [0.717, 1.165) is 39.2 Å². The summed E-state index contributed by atoms with van der Waals surface area (Å²) in [6.07, 6.45) is 5.61. The number of aromatic nitrogens is 2. The standard InChI is InChI=1S/C27H31N5OS/c1-18(2)17-31-26(33)25(34-27(31)29-22-9-11-23(12-10-22)30(5)6)15-21-14-19(3)32(20(21)4)24-8-7-13-28-16-24/h7-16,18H,17H2,1-6H3/b25-15-,29-27?. The van der Waals surface area contributed by atoms with E-state index >= 15 is 0 Å². The van der Waals surface area contributed by atoms with Gasteiger partial charge in [0, 0.05) is 43.9 Å². The zero-order valence-corrected chi connectivity index (χ0v) is 21.4. The minimum Gasteiger partial charge on any atom is -0.378 e. The van der Waals surface area contributed by atoms with E-state index in [9.17, 15) is 4.79 Å². The number of anilines is 1. The van der Waals surface area contributed by atoms with Gasteiger partial charge in [0.2, 0.25) is 0 Å². The molecule has 34 heavy (non-hydrogen) atoms. The van der Waals surface area contributed by atoms with Crippen LogP contribution in [0.3, 0.4) is 0 Å². The van der Waals surface area contributed by atoms with Crippen LogP contribution in [0.2, 0.25) is 0 Å². The predicted octanol–water partition coefficient (Wildman–Crippen LogP) is 5.82. The molecule has 0 saturated carbocycles. The Hall–Kier alpha value is -3.32. The molecule has 1 saturated heterocycles. The smallest absolute Gasteiger partial charge is 0.266 e. The molecule has 0 N–H and O–H groups in total. The first kappa shape index (κ1) is 23.8. The first-order chi connectivity index (χ1) is 16.2. The fraction of sp³-hybridized carbons (Fsp3) is 0.296. The lowest BCUT2D eigenvalue weighted by atomic mass is 10.2. The van der Waals surface area contributed by atoms with Gasteiger partial charge in [-0.3, -0.25) is 14.7 Å². The number of amidine groups is 1. The molecule has 2 aromatic heterocycles. The van der Waals surface area contributed by atoms with Crippen LogP contribution < -0.4 is 4.90 Å². The average Bonchev–Trinajstić information content (AvgIpc) is 3.24. The van der Waals surface area contributed by atoms with Gasteiger partial charge in [-0.25, -0.2) is 4.99 Å². The van der Waals surface area contributed by atoms with Crippen LogP contribution in [0.1, 0.15) is 30.8 Å². The van der Waals surface area contributed by atoms with Gasteiger partial charge in [-0.05, 0) is 85.6 Å². The molecule has 1 aliphatic heterocycles. The molecule has 0 aliphatic carbocycles. The quantitative estimate of drug-likeness (QED) is 0.424. The fourth-order valence-corrected chi connectivity index (χ4v) is 5.01. The molecule has 4 rings (SSSR count). The topological polar surface area (TPSA) is 53.7 Å². The van der Waals surface area contributed by atoms with Crippen LogP contribution in [0, 0.1) is 19.8 Å². The number of hydrogen-bond donors (Lipinski definition) is 0. The fourth-order valence-electron chi connectivity index (χ4n) is 4.01. The van der Waals surface area contributed by atoms with Crippen molar-refractivity contribution < 1.29 is 4.79 Å². The molecule has 1 aliphatic rings. The molecule has 0 radical (unpaired) electrons. The lowest BCUT2D eigenvalue weighted by Gasteiger charge is -2.18. The molecule has 1 aromatic carbocycles. The SMILES string of the molecule is Cc1cc(/C=C2\SC(=Nc3ccc(N(C)C)cc3)N(CC(C)C)C2=O)c(C)n1-c1cccnc1. The summed E-state index contributed by atoms with van der Waals surface area (Å²) in [4.78, 5) is 27.0. The number of benzene rings is 1. The third-order valence-electron chi connectivity index (χ3n) is 5.69. The van der Waals surface area contributed by atoms with Crippen LogP contribution in [0.4, 0.5) is 11.4 Å². The van der Waals surface area contributed by atoms with E-state index in [0.29, 0.717) is 17.4 Å². The van der Waals surface area contributed by atoms with Crippen LogP contribution in [0.25, 0.3) is 11.8 Å². The number of carbonyl (C=O) groups is 1. The Morgan fingerprint density at radius 3 is 2.50 bits per heavy atom. The number of aryl methyl sites for hydroxylation is 1. The summed E-state index contributed by atoms with van der Waals surface area (Å²) in [5.41, 5.74) is 6.16. The van der Waals surface area contributed by atoms with Gasteiger partial charge in [0.15, 0.2) is 5.17 Å². The van der Waals surface area contributed by atoms with Gasteiger partial charge in [-0.1, -0.05) is 13.8 Å². The van der Waals surface area contributed by atoms with Crippen LogP contribution in [0.5, 0.6) is 0 Å².